The van der Waals surface area contributed by atoms with Crippen LogP contribution in [0.4, 0.5) is 17.1 Å². The van der Waals surface area contributed by atoms with E-state index in [9.17, 15) is 0 Å². The number of benzene rings is 12. The number of nitrogens with zero attached hydrogens (tertiary/aromatic N) is 2. The second-order valence-electron chi connectivity index (χ2n) is 19.2. The predicted octanol–water partition coefficient (Wildman–Crippen LogP) is 20.2. The summed E-state index contributed by atoms with van der Waals surface area (Å²) < 4.78 is 8.95. The maximum Gasteiger partial charge on any atom is 0.143 e. The molecule has 0 N–H and O–H groups in total. The number of hydrogen-bond acceptors (Lipinski definition) is 2. The van der Waals surface area contributed by atoms with Gasteiger partial charge in [0.15, 0.2) is 0 Å². The van der Waals surface area contributed by atoms with Crippen LogP contribution >= 0.6 is 0 Å². The van der Waals surface area contributed by atoms with Crippen LogP contribution in [-0.2, 0) is 0 Å². The van der Waals surface area contributed by atoms with Crippen molar-refractivity contribution < 1.29 is 4.42 Å². The molecule has 0 aliphatic rings. The minimum Gasteiger partial charge on any atom is -0.455 e. The fourth-order valence-electron chi connectivity index (χ4n) is 11.2. The Morgan fingerprint density at radius 1 is 0.253 bits per heavy atom. The topological polar surface area (TPSA) is 21.3 Å². The molecule has 14 aromatic rings. The molecule has 0 amide bonds. The smallest absolute Gasteiger partial charge is 0.143 e. The van der Waals surface area contributed by atoms with Gasteiger partial charge in [-0.15, -0.1) is 0 Å². The number of para-hydroxylation sites is 5. The molecule has 12 aromatic carbocycles. The number of furan rings is 1. The van der Waals surface area contributed by atoms with Crippen LogP contribution in [0, 0.1) is 0 Å². The summed E-state index contributed by atoms with van der Waals surface area (Å²) in [5, 5.41) is 4.77. The summed E-state index contributed by atoms with van der Waals surface area (Å²) in [6.45, 7) is 0. The van der Waals surface area contributed by atoms with E-state index in [0.29, 0.717) is 0 Å². The second-order valence-corrected chi connectivity index (χ2v) is 19.2. The van der Waals surface area contributed by atoms with Gasteiger partial charge in [-0.25, -0.2) is 0 Å². The van der Waals surface area contributed by atoms with Crippen LogP contribution in [0.15, 0.2) is 296 Å². The fourth-order valence-corrected chi connectivity index (χ4v) is 11.2. The molecule has 75 heavy (non-hydrogen) atoms. The van der Waals surface area contributed by atoms with Gasteiger partial charge in [0.05, 0.1) is 16.7 Å². The van der Waals surface area contributed by atoms with E-state index in [1.54, 1.807) is 0 Å². The standard InChI is InChI=1S/C72H48N2O/c1-2-16-49(17-3-1)50-32-34-53(35-33-50)56-18-14-19-59(48-56)73(58-46-42-54(43-47-58)60-20-4-5-22-62(60)66-26-15-27-67-65-25-9-13-31-71(65)75-72(66)67)57-44-40-52(41-45-57)51-36-38-55(39-37-51)61-21-6-10-28-68(61)74-69-29-11-7-23-63(69)64-24-8-12-30-70(64)74/h1-48H. The lowest BCUT2D eigenvalue weighted by atomic mass is 9.93. The van der Waals surface area contributed by atoms with Crippen molar-refractivity contribution in [3.8, 4) is 72.4 Å². The molecule has 0 fully saturated rings. The average molecular weight is 957 g/mol. The summed E-state index contributed by atoms with van der Waals surface area (Å²) in [7, 11) is 0. The van der Waals surface area contributed by atoms with Gasteiger partial charge in [0, 0.05) is 49.7 Å². The molecule has 0 atom stereocenters. The first-order valence-electron chi connectivity index (χ1n) is 25.6. The third-order valence-electron chi connectivity index (χ3n) is 14.9. The van der Waals surface area contributed by atoms with E-state index in [0.717, 1.165) is 83.6 Å². The van der Waals surface area contributed by atoms with Crippen LogP contribution in [0.3, 0.4) is 0 Å². The number of fused-ring (bicyclic) bond motifs is 6. The minimum atomic E-state index is 0.898. The minimum absolute atomic E-state index is 0.898. The Labute approximate surface area is 436 Å². The number of rotatable bonds is 10. The molecule has 2 aromatic heterocycles. The summed E-state index contributed by atoms with van der Waals surface area (Å²) >= 11 is 0. The van der Waals surface area contributed by atoms with Gasteiger partial charge in [-0.1, -0.05) is 231 Å². The number of hydrogen-bond donors (Lipinski definition) is 0. The van der Waals surface area contributed by atoms with E-state index in [1.165, 1.54) is 49.6 Å². The van der Waals surface area contributed by atoms with Crippen molar-refractivity contribution >= 4 is 60.8 Å². The van der Waals surface area contributed by atoms with E-state index >= 15 is 0 Å². The lowest BCUT2D eigenvalue weighted by Gasteiger charge is -2.26. The molecule has 352 valence electrons. The van der Waals surface area contributed by atoms with Gasteiger partial charge >= 0.3 is 0 Å². The summed E-state index contributed by atoms with van der Waals surface area (Å²) in [4.78, 5) is 2.37. The van der Waals surface area contributed by atoms with Gasteiger partial charge in [-0.3, -0.25) is 0 Å². The molecule has 0 radical (unpaired) electrons. The number of aromatic nitrogens is 1. The largest absolute Gasteiger partial charge is 0.455 e. The van der Waals surface area contributed by atoms with Crippen molar-refractivity contribution in [3.63, 3.8) is 0 Å². The summed E-state index contributed by atoms with van der Waals surface area (Å²) in [5.41, 5.74) is 22.5. The molecule has 0 bridgehead atoms. The highest BCUT2D eigenvalue weighted by molar-refractivity contribution is 6.11. The Morgan fingerprint density at radius 3 is 1.35 bits per heavy atom. The van der Waals surface area contributed by atoms with Crippen molar-refractivity contribution in [1.29, 1.82) is 0 Å². The molecule has 2 heterocycles. The van der Waals surface area contributed by atoms with E-state index in [1.807, 2.05) is 12.1 Å². The first-order chi connectivity index (χ1) is 37.2. The molecule has 14 rings (SSSR count). The Balaban J connectivity index is 0.816. The van der Waals surface area contributed by atoms with Crippen LogP contribution in [0.25, 0.3) is 116 Å². The molecular weight excluding hydrogens is 909 g/mol. The van der Waals surface area contributed by atoms with E-state index in [-0.39, 0.29) is 0 Å². The monoisotopic (exact) mass is 956 g/mol. The Bertz CT molecular complexity index is 4320. The summed E-state index contributed by atoms with van der Waals surface area (Å²) in [5.74, 6) is 0. The van der Waals surface area contributed by atoms with Gasteiger partial charge in [0.25, 0.3) is 0 Å². The summed E-state index contributed by atoms with van der Waals surface area (Å²) in [6.07, 6.45) is 0. The lowest BCUT2D eigenvalue weighted by molar-refractivity contribution is 0.670. The molecule has 0 aliphatic heterocycles. The molecule has 0 aliphatic carbocycles. The third kappa shape index (κ3) is 7.86. The molecule has 0 saturated heterocycles. The van der Waals surface area contributed by atoms with E-state index < -0.39 is 0 Å². The molecule has 3 heteroatoms. The maximum absolute atomic E-state index is 6.54. The van der Waals surface area contributed by atoms with E-state index in [2.05, 4.69) is 289 Å². The Morgan fingerprint density at radius 2 is 0.680 bits per heavy atom. The highest BCUT2D eigenvalue weighted by Crippen LogP contribution is 2.43. The zero-order chi connectivity index (χ0) is 49.7. The number of anilines is 3. The molecule has 0 saturated carbocycles. The van der Waals surface area contributed by atoms with Crippen molar-refractivity contribution in [2.75, 3.05) is 4.90 Å². The average Bonchev–Trinajstić information content (AvgIpc) is 4.04. The first kappa shape index (κ1) is 43.8. The van der Waals surface area contributed by atoms with E-state index in [4.69, 9.17) is 4.42 Å². The second kappa shape index (κ2) is 18.6. The van der Waals surface area contributed by atoms with Gasteiger partial charge < -0.3 is 13.9 Å². The molecular formula is C72H48N2O. The van der Waals surface area contributed by atoms with Gasteiger partial charge in [0.2, 0.25) is 0 Å². The zero-order valence-corrected chi connectivity index (χ0v) is 41.0. The molecule has 0 unspecified atom stereocenters. The molecule has 3 nitrogen and oxygen atoms in total. The zero-order valence-electron chi connectivity index (χ0n) is 41.0. The van der Waals surface area contributed by atoms with Gasteiger partial charge in [-0.2, -0.15) is 0 Å². The van der Waals surface area contributed by atoms with Crippen molar-refractivity contribution in [3.05, 3.63) is 291 Å². The Kier molecular flexibility index (Phi) is 10.8. The van der Waals surface area contributed by atoms with Crippen LogP contribution in [0.5, 0.6) is 0 Å². The van der Waals surface area contributed by atoms with Crippen LogP contribution in [0.2, 0.25) is 0 Å². The van der Waals surface area contributed by atoms with Gasteiger partial charge in [0.1, 0.15) is 11.2 Å². The highest BCUT2D eigenvalue weighted by atomic mass is 16.3. The van der Waals surface area contributed by atoms with Crippen molar-refractivity contribution in [1.82, 2.24) is 4.57 Å². The van der Waals surface area contributed by atoms with Crippen molar-refractivity contribution in [2.45, 2.75) is 0 Å². The van der Waals surface area contributed by atoms with Crippen LogP contribution < -0.4 is 4.90 Å². The predicted molar refractivity (Wildman–Crippen MR) is 315 cm³/mol. The van der Waals surface area contributed by atoms with Crippen LogP contribution in [-0.4, -0.2) is 4.57 Å². The Hall–Kier alpha value is -9.96. The molecule has 0 spiro atoms. The summed E-state index contributed by atoms with van der Waals surface area (Å²) in [6, 6.07) is 105. The van der Waals surface area contributed by atoms with Gasteiger partial charge in [-0.05, 0) is 116 Å². The van der Waals surface area contributed by atoms with Crippen molar-refractivity contribution in [2.24, 2.45) is 0 Å². The maximum atomic E-state index is 6.54. The SMILES string of the molecule is c1ccc(-c2ccc(-c3cccc(N(c4ccc(-c5ccc(-c6ccccc6-n6c7ccccc7c7ccccc76)cc5)cc4)c4ccc(-c5ccccc5-c5cccc6c5oc5ccccc56)cc4)c3)cc2)cc1. The normalized spacial score (nSPS) is 11.5. The quantitative estimate of drug-likeness (QED) is 0.136. The fraction of sp³-hybridized carbons (Fsp3) is 0. The lowest BCUT2D eigenvalue weighted by Crippen LogP contribution is -2.10. The third-order valence-corrected chi connectivity index (χ3v) is 14.9. The first-order valence-corrected chi connectivity index (χ1v) is 25.6. The highest BCUT2D eigenvalue weighted by Gasteiger charge is 2.19. The van der Waals surface area contributed by atoms with Crippen LogP contribution in [0.1, 0.15) is 0 Å².